The van der Waals surface area contributed by atoms with Crippen LogP contribution in [0.5, 0.6) is 0 Å². The first kappa shape index (κ1) is 14.5. The van der Waals surface area contributed by atoms with E-state index in [1.807, 2.05) is 49.4 Å². The number of benzene rings is 1. The number of carbonyl (C=O) groups excluding carboxylic acids is 1. The molecule has 1 aromatic rings. The molecule has 98 valence electrons. The molecule has 0 N–H and O–H groups in total. The summed E-state index contributed by atoms with van der Waals surface area (Å²) < 4.78 is 1.48. The normalized spacial score (nSPS) is 18.5. The number of amides is 1. The molecular formula is C14H12BrNOS2. The molecule has 1 aliphatic heterocycles. The summed E-state index contributed by atoms with van der Waals surface area (Å²) in [7, 11) is 0. The van der Waals surface area contributed by atoms with Crippen LogP contribution in [0.4, 0.5) is 0 Å². The molecule has 1 aliphatic rings. The molecule has 0 radical (unpaired) electrons. The van der Waals surface area contributed by atoms with E-state index in [2.05, 4.69) is 15.9 Å². The number of thiocarbonyl (C=S) groups is 1. The van der Waals surface area contributed by atoms with Gasteiger partial charge in [-0.3, -0.25) is 9.69 Å². The Balaban J connectivity index is 2.21. The summed E-state index contributed by atoms with van der Waals surface area (Å²) in [5.74, 6) is -0.0177. The van der Waals surface area contributed by atoms with Crippen molar-refractivity contribution in [1.82, 2.24) is 4.90 Å². The lowest BCUT2D eigenvalue weighted by Crippen LogP contribution is -2.27. The maximum Gasteiger partial charge on any atom is 0.266 e. The van der Waals surface area contributed by atoms with E-state index < -0.39 is 0 Å². The van der Waals surface area contributed by atoms with Crippen LogP contribution in [0.25, 0.3) is 6.08 Å². The van der Waals surface area contributed by atoms with Crippen LogP contribution in [0.2, 0.25) is 0 Å². The van der Waals surface area contributed by atoms with Crippen molar-refractivity contribution in [3.05, 3.63) is 51.4 Å². The molecular weight excluding hydrogens is 342 g/mol. The monoisotopic (exact) mass is 353 g/mol. The van der Waals surface area contributed by atoms with Gasteiger partial charge < -0.3 is 0 Å². The van der Waals surface area contributed by atoms with Crippen LogP contribution in [-0.2, 0) is 4.79 Å². The van der Waals surface area contributed by atoms with Crippen molar-refractivity contribution in [2.75, 3.05) is 6.54 Å². The van der Waals surface area contributed by atoms with Gasteiger partial charge in [-0.25, -0.2) is 0 Å². The third kappa shape index (κ3) is 3.55. The maximum atomic E-state index is 12.0. The molecule has 2 rings (SSSR count). The molecule has 0 aliphatic carbocycles. The zero-order chi connectivity index (χ0) is 13.8. The van der Waals surface area contributed by atoms with Crippen LogP contribution in [0.1, 0.15) is 12.5 Å². The van der Waals surface area contributed by atoms with E-state index >= 15 is 0 Å². The maximum absolute atomic E-state index is 12.0. The molecule has 1 saturated heterocycles. The number of halogens is 1. The largest absolute Gasteiger partial charge is 0.293 e. The van der Waals surface area contributed by atoms with Gasteiger partial charge in [0.25, 0.3) is 5.91 Å². The van der Waals surface area contributed by atoms with Gasteiger partial charge in [-0.05, 0) is 24.6 Å². The molecule has 0 atom stereocenters. The van der Waals surface area contributed by atoms with E-state index in [1.54, 1.807) is 4.90 Å². The van der Waals surface area contributed by atoms with Crippen molar-refractivity contribution >= 4 is 56.2 Å². The lowest BCUT2D eigenvalue weighted by atomic mass is 10.2. The topological polar surface area (TPSA) is 20.3 Å². The Morgan fingerprint density at radius 2 is 2.11 bits per heavy atom. The van der Waals surface area contributed by atoms with Gasteiger partial charge in [-0.15, -0.1) is 0 Å². The number of hydrogen-bond donors (Lipinski definition) is 0. The number of rotatable bonds is 3. The Morgan fingerprint density at radius 3 is 2.68 bits per heavy atom. The molecule has 0 saturated carbocycles. The van der Waals surface area contributed by atoms with Crippen LogP contribution >= 0.6 is 39.9 Å². The summed E-state index contributed by atoms with van der Waals surface area (Å²) in [4.78, 5) is 14.3. The van der Waals surface area contributed by atoms with Crippen molar-refractivity contribution in [3.63, 3.8) is 0 Å². The van der Waals surface area contributed by atoms with Crippen LogP contribution in [0.3, 0.4) is 0 Å². The molecule has 0 aromatic heterocycles. The summed E-state index contributed by atoms with van der Waals surface area (Å²) in [6, 6.07) is 9.93. The first-order valence-electron chi connectivity index (χ1n) is 5.79. The lowest BCUT2D eigenvalue weighted by molar-refractivity contribution is -0.122. The molecule has 0 bridgehead atoms. The van der Waals surface area contributed by atoms with Gasteiger partial charge in [-0.2, -0.15) is 0 Å². The second-order valence-electron chi connectivity index (χ2n) is 3.87. The zero-order valence-corrected chi connectivity index (χ0v) is 13.5. The standard InChI is InChI=1S/C14H12BrNOS2/c1-2-16-13(17)12(19-14(16)18)9-11(15)8-10-6-4-3-5-7-10/h3-9H,2H2,1H3. The Bertz CT molecular complexity index is 566. The highest BCUT2D eigenvalue weighted by Crippen LogP contribution is 2.32. The third-order valence-electron chi connectivity index (χ3n) is 2.56. The van der Waals surface area contributed by atoms with Crippen molar-refractivity contribution < 1.29 is 4.79 Å². The number of carbonyl (C=O) groups is 1. The highest BCUT2D eigenvalue weighted by molar-refractivity contribution is 9.12. The fourth-order valence-electron chi connectivity index (χ4n) is 1.65. The quantitative estimate of drug-likeness (QED) is 0.600. The number of thioether (sulfide) groups is 1. The molecule has 1 heterocycles. The Labute approximate surface area is 130 Å². The SMILES string of the molecule is CCN1C(=O)C(=CC(Br)=Cc2ccccc2)SC1=S. The minimum absolute atomic E-state index is 0.0177. The van der Waals surface area contributed by atoms with Gasteiger partial charge in [0.2, 0.25) is 0 Å². The molecule has 2 nitrogen and oxygen atoms in total. The fraction of sp³-hybridized carbons (Fsp3) is 0.143. The molecule has 0 spiro atoms. The lowest BCUT2D eigenvalue weighted by Gasteiger charge is -2.09. The van der Waals surface area contributed by atoms with Gasteiger partial charge in [0.1, 0.15) is 4.32 Å². The number of nitrogens with zero attached hydrogens (tertiary/aromatic N) is 1. The highest BCUT2D eigenvalue weighted by Gasteiger charge is 2.30. The van der Waals surface area contributed by atoms with Crippen LogP contribution < -0.4 is 0 Å². The summed E-state index contributed by atoms with van der Waals surface area (Å²) in [5, 5.41) is 0. The van der Waals surface area contributed by atoms with Crippen molar-refractivity contribution in [1.29, 1.82) is 0 Å². The number of allylic oxidation sites excluding steroid dienone is 2. The molecule has 19 heavy (non-hydrogen) atoms. The Kier molecular flexibility index (Phi) is 4.96. The molecule has 1 aromatic carbocycles. The second-order valence-corrected chi connectivity index (χ2v) is 6.46. The predicted octanol–water partition coefficient (Wildman–Crippen LogP) is 4.19. The van der Waals surface area contributed by atoms with Gasteiger partial charge in [0.15, 0.2) is 0 Å². The molecule has 5 heteroatoms. The summed E-state index contributed by atoms with van der Waals surface area (Å²) >= 11 is 9.98. The van der Waals surface area contributed by atoms with Crippen LogP contribution in [0.15, 0.2) is 45.8 Å². The van der Waals surface area contributed by atoms with Crippen LogP contribution in [-0.4, -0.2) is 21.7 Å². The van der Waals surface area contributed by atoms with Gasteiger partial charge in [-0.1, -0.05) is 70.2 Å². The average Bonchev–Trinajstić information content (AvgIpc) is 2.65. The van der Waals surface area contributed by atoms with Crippen molar-refractivity contribution in [3.8, 4) is 0 Å². The minimum atomic E-state index is -0.0177. The number of likely N-dealkylation sites (N-methyl/N-ethyl adjacent to an activating group) is 1. The first-order valence-corrected chi connectivity index (χ1v) is 7.81. The first-order chi connectivity index (χ1) is 9.11. The van der Waals surface area contributed by atoms with E-state index in [4.69, 9.17) is 12.2 Å². The van der Waals surface area contributed by atoms with Crippen molar-refractivity contribution in [2.45, 2.75) is 6.92 Å². The van der Waals surface area contributed by atoms with Gasteiger partial charge in [0.05, 0.1) is 4.91 Å². The van der Waals surface area contributed by atoms with Crippen LogP contribution in [0, 0.1) is 0 Å². The van der Waals surface area contributed by atoms with E-state index in [-0.39, 0.29) is 5.91 Å². The third-order valence-corrected chi connectivity index (χ3v) is 4.40. The highest BCUT2D eigenvalue weighted by atomic mass is 79.9. The van der Waals surface area contributed by atoms with E-state index in [9.17, 15) is 4.79 Å². The Hall–Kier alpha value is -0.910. The Morgan fingerprint density at radius 1 is 1.42 bits per heavy atom. The van der Waals surface area contributed by atoms with E-state index in [1.165, 1.54) is 11.8 Å². The second kappa shape index (κ2) is 6.50. The predicted molar refractivity (Wildman–Crippen MR) is 89.0 cm³/mol. The minimum Gasteiger partial charge on any atom is -0.293 e. The molecule has 0 unspecified atom stereocenters. The number of hydrogen-bond acceptors (Lipinski definition) is 3. The van der Waals surface area contributed by atoms with Crippen molar-refractivity contribution in [2.24, 2.45) is 0 Å². The molecule has 1 amide bonds. The smallest absolute Gasteiger partial charge is 0.266 e. The van der Waals surface area contributed by atoms with E-state index in [0.717, 1.165) is 10.0 Å². The molecule has 1 fully saturated rings. The van der Waals surface area contributed by atoms with Gasteiger partial charge >= 0.3 is 0 Å². The summed E-state index contributed by atoms with van der Waals surface area (Å²) in [5.41, 5.74) is 1.08. The van der Waals surface area contributed by atoms with E-state index in [0.29, 0.717) is 15.8 Å². The average molecular weight is 354 g/mol. The van der Waals surface area contributed by atoms with Gasteiger partial charge in [0, 0.05) is 11.0 Å². The zero-order valence-electron chi connectivity index (χ0n) is 10.3. The summed E-state index contributed by atoms with van der Waals surface area (Å²) in [6.45, 7) is 2.53. The summed E-state index contributed by atoms with van der Waals surface area (Å²) in [6.07, 6.45) is 3.79. The fourth-order valence-corrected chi connectivity index (χ4v) is 3.67.